The number of rotatable bonds is 4. The van der Waals surface area contributed by atoms with Crippen LogP contribution in [-0.2, 0) is 0 Å². The summed E-state index contributed by atoms with van der Waals surface area (Å²) in [6.45, 7) is 3.93. The molecule has 0 aliphatic carbocycles. The lowest BCUT2D eigenvalue weighted by Crippen LogP contribution is -2.12. The van der Waals surface area contributed by atoms with E-state index in [1.165, 1.54) is 0 Å². The van der Waals surface area contributed by atoms with Crippen LogP contribution in [0.3, 0.4) is 0 Å². The Labute approximate surface area is 177 Å². The van der Waals surface area contributed by atoms with E-state index in [9.17, 15) is 0 Å². The fourth-order valence-electron chi connectivity index (χ4n) is 2.53. The van der Waals surface area contributed by atoms with Gasteiger partial charge in [-0.05, 0) is 85.3 Å². The third kappa shape index (κ3) is 5.60. The number of nitrogens with zero attached hydrogens (tertiary/aromatic N) is 1. The molecule has 0 saturated heterocycles. The number of aryl methyl sites for hydroxylation is 2. The molecule has 1 heterocycles. The van der Waals surface area contributed by atoms with Crippen LogP contribution in [0.15, 0.2) is 48.5 Å². The molecule has 3 rings (SSSR count). The summed E-state index contributed by atoms with van der Waals surface area (Å²) >= 11 is -0.733. The van der Waals surface area contributed by atoms with Crippen LogP contribution in [0.4, 0.5) is 0 Å². The molecule has 0 bridgehead atoms. The highest BCUT2D eigenvalue weighted by atomic mass is 27.2. The van der Waals surface area contributed by atoms with Gasteiger partial charge in [0.25, 0.3) is 0 Å². The monoisotopic (exact) mass is 388 g/mol. The molecule has 0 saturated carbocycles. The molecule has 2 aromatic carbocycles. The van der Waals surface area contributed by atoms with Crippen molar-refractivity contribution in [1.82, 2.24) is 4.98 Å². The fraction of sp³-hybridized carbons (Fsp3) is 0.0800. The minimum atomic E-state index is -0.733. The van der Waals surface area contributed by atoms with Gasteiger partial charge in [0.2, 0.25) is 0 Å². The molecule has 3 nitrogen and oxygen atoms in total. The van der Waals surface area contributed by atoms with E-state index >= 15 is 0 Å². The highest BCUT2D eigenvalue weighted by Crippen LogP contribution is 2.24. The molecule has 0 spiro atoms. The number of terminal acetylenes is 1. The lowest BCUT2D eigenvalue weighted by molar-refractivity contribution is 0.459. The number of pyridine rings is 1. The number of hydrogen-bond acceptors (Lipinski definition) is 3. The van der Waals surface area contributed by atoms with E-state index in [2.05, 4.69) is 46.4 Å². The predicted octanol–water partition coefficient (Wildman–Crippen LogP) is 3.84. The van der Waals surface area contributed by atoms with E-state index in [4.69, 9.17) is 14.0 Å². The van der Waals surface area contributed by atoms with Crippen molar-refractivity contribution < 1.29 is 7.58 Å². The minimum absolute atomic E-state index is 0.729. The van der Waals surface area contributed by atoms with Crippen molar-refractivity contribution >= 4 is 26.8 Å². The van der Waals surface area contributed by atoms with E-state index in [1.54, 1.807) is 0 Å². The van der Waals surface area contributed by atoms with Crippen molar-refractivity contribution in [2.24, 2.45) is 0 Å². The molecule has 0 aliphatic rings. The second-order valence-electron chi connectivity index (χ2n) is 5.99. The number of hydrogen-bond donors (Lipinski definition) is 0. The molecule has 0 N–H and O–H groups in total. The number of benzene rings is 2. The summed E-state index contributed by atoms with van der Waals surface area (Å²) < 4.78 is 11.8. The Morgan fingerprint density at radius 3 is 2.48 bits per heavy atom. The summed E-state index contributed by atoms with van der Waals surface area (Å²) in [5, 5.41) is 1.04. The van der Waals surface area contributed by atoms with Crippen LogP contribution in [0.2, 0.25) is 0 Å². The second kappa shape index (κ2) is 9.96. The molecule has 29 heavy (non-hydrogen) atoms. The zero-order chi connectivity index (χ0) is 20.5. The van der Waals surface area contributed by atoms with Gasteiger partial charge in [0.05, 0.1) is 5.75 Å². The first-order chi connectivity index (χ1) is 14.2. The average Bonchev–Trinajstić information content (AvgIpc) is 2.72. The van der Waals surface area contributed by atoms with E-state index in [0.29, 0.717) is 0 Å². The molecule has 0 unspecified atom stereocenters. The second-order valence-corrected chi connectivity index (χ2v) is 6.65. The molecule has 1 radical (unpaired) electrons. The highest BCUT2D eigenvalue weighted by Gasteiger charge is 2.11. The zero-order valence-corrected chi connectivity index (χ0v) is 17.2. The third-order valence-electron chi connectivity index (χ3n) is 3.88. The van der Waals surface area contributed by atoms with Crippen LogP contribution >= 0.6 is 0 Å². The molecular formula is C25H15AlNO2. The van der Waals surface area contributed by atoms with Crippen molar-refractivity contribution in [2.75, 3.05) is 0 Å². The van der Waals surface area contributed by atoms with E-state index in [-0.39, 0.29) is 0 Å². The highest BCUT2D eigenvalue weighted by molar-refractivity contribution is 6.21. The first-order valence-electron chi connectivity index (χ1n) is 8.76. The normalized spacial score (nSPS) is 8.86. The average molecular weight is 388 g/mol. The standard InChI is InChI=1S/C15H8O.C10H9NO.Al/c1-3-4-5-6-7-8-9-14-10-11-15(16)13(2)12-14;1-7-5-6-8-3-2-4-9(12)10(8)11-7;/h1,10-12,16H,2H3;2-6,12H,1H3;/q;;+2/p-2. The Hall–Kier alpha value is -3.78. The molecular weight excluding hydrogens is 373 g/mol. The van der Waals surface area contributed by atoms with Crippen LogP contribution < -0.4 is 7.58 Å². The Kier molecular flexibility index (Phi) is 6.86. The summed E-state index contributed by atoms with van der Waals surface area (Å²) in [5.41, 5.74) is 3.61. The topological polar surface area (TPSA) is 31.4 Å². The Balaban J connectivity index is 1.65. The SMILES string of the molecule is C#CC#CC#CC#Cc1ccc([O][Al][O]c2cccc3ccc(C)nc23)c(C)c1. The molecule has 0 fully saturated rings. The van der Waals surface area contributed by atoms with Crippen molar-refractivity contribution in [3.05, 3.63) is 65.4 Å². The fourth-order valence-corrected chi connectivity index (χ4v) is 3.24. The van der Waals surface area contributed by atoms with Gasteiger partial charge in [0.15, 0.2) is 0 Å². The van der Waals surface area contributed by atoms with Gasteiger partial charge in [-0.1, -0.05) is 24.1 Å². The maximum atomic E-state index is 5.90. The van der Waals surface area contributed by atoms with Gasteiger partial charge in [0, 0.05) is 16.6 Å². The maximum Gasteiger partial charge on any atom is 0.881 e. The summed E-state index contributed by atoms with van der Waals surface area (Å²) in [7, 11) is 0. The smallest absolute Gasteiger partial charge is 0.616 e. The van der Waals surface area contributed by atoms with E-state index < -0.39 is 15.9 Å². The van der Waals surface area contributed by atoms with Crippen LogP contribution in [0.25, 0.3) is 10.9 Å². The summed E-state index contributed by atoms with van der Waals surface area (Å²) in [4.78, 5) is 4.57. The molecule has 4 heteroatoms. The van der Waals surface area contributed by atoms with Gasteiger partial charge in [-0.25, -0.2) is 4.98 Å². The number of para-hydroxylation sites is 1. The quantitative estimate of drug-likeness (QED) is 0.503. The van der Waals surface area contributed by atoms with E-state index in [1.807, 2.05) is 62.4 Å². The summed E-state index contributed by atoms with van der Waals surface area (Å²) in [6.07, 6.45) is 5.01. The van der Waals surface area contributed by atoms with Gasteiger partial charge in [-0.15, -0.1) is 6.42 Å². The van der Waals surface area contributed by atoms with Gasteiger partial charge < -0.3 is 7.58 Å². The van der Waals surface area contributed by atoms with Crippen LogP contribution in [-0.4, -0.2) is 20.9 Å². The third-order valence-corrected chi connectivity index (χ3v) is 4.58. The van der Waals surface area contributed by atoms with Crippen molar-refractivity contribution in [3.63, 3.8) is 0 Å². The van der Waals surface area contributed by atoms with Gasteiger partial charge in [-0.2, -0.15) is 0 Å². The van der Waals surface area contributed by atoms with Crippen molar-refractivity contribution in [1.29, 1.82) is 0 Å². The van der Waals surface area contributed by atoms with Crippen LogP contribution in [0.1, 0.15) is 16.8 Å². The molecule has 0 amide bonds. The first kappa shape index (κ1) is 20.0. The van der Waals surface area contributed by atoms with E-state index in [0.717, 1.165) is 39.2 Å². The molecule has 0 aliphatic heterocycles. The predicted molar refractivity (Wildman–Crippen MR) is 116 cm³/mol. The molecule has 3 aromatic rings. The number of fused-ring (bicyclic) bond motifs is 1. The Morgan fingerprint density at radius 1 is 0.862 bits per heavy atom. The van der Waals surface area contributed by atoms with Gasteiger partial charge >= 0.3 is 15.9 Å². The Bertz CT molecular complexity index is 1290. The minimum Gasteiger partial charge on any atom is -0.616 e. The largest absolute Gasteiger partial charge is 0.881 e. The van der Waals surface area contributed by atoms with Crippen LogP contribution in [0.5, 0.6) is 11.5 Å². The molecule has 135 valence electrons. The van der Waals surface area contributed by atoms with Crippen molar-refractivity contribution in [3.8, 4) is 59.4 Å². The van der Waals surface area contributed by atoms with Gasteiger partial charge in [0.1, 0.15) is 11.3 Å². The van der Waals surface area contributed by atoms with Gasteiger partial charge in [-0.3, -0.25) is 0 Å². The summed E-state index contributed by atoms with van der Waals surface area (Å²) in [5.74, 6) is 19.5. The molecule has 0 atom stereocenters. The summed E-state index contributed by atoms with van der Waals surface area (Å²) in [6, 6.07) is 15.6. The van der Waals surface area contributed by atoms with Crippen molar-refractivity contribution in [2.45, 2.75) is 13.8 Å². The van der Waals surface area contributed by atoms with Crippen LogP contribution in [0, 0.1) is 61.7 Å². The zero-order valence-electron chi connectivity index (χ0n) is 16.0. The lowest BCUT2D eigenvalue weighted by Gasteiger charge is -2.12. The maximum absolute atomic E-state index is 5.90. The Morgan fingerprint density at radius 2 is 1.66 bits per heavy atom. The molecule has 1 aromatic heterocycles. The lowest BCUT2D eigenvalue weighted by atomic mass is 10.1. The first-order valence-corrected chi connectivity index (χ1v) is 9.70. The number of aromatic nitrogens is 1.